The van der Waals surface area contributed by atoms with Gasteiger partial charge in [0.25, 0.3) is 0 Å². The predicted octanol–water partition coefficient (Wildman–Crippen LogP) is 1.73. The first-order valence-corrected chi connectivity index (χ1v) is 9.28. The van der Waals surface area contributed by atoms with Crippen LogP contribution in [0.1, 0.15) is 26.7 Å². The van der Waals surface area contributed by atoms with Gasteiger partial charge in [0, 0.05) is 50.8 Å². The summed E-state index contributed by atoms with van der Waals surface area (Å²) in [5.41, 5.74) is 0. The zero-order valence-electron chi connectivity index (χ0n) is 13.1. The van der Waals surface area contributed by atoms with E-state index in [1.807, 2.05) is 0 Å². The fourth-order valence-electron chi connectivity index (χ4n) is 2.77. The van der Waals surface area contributed by atoms with Crippen molar-refractivity contribution in [3.63, 3.8) is 0 Å². The molecule has 4 nitrogen and oxygen atoms in total. The molecule has 0 radical (unpaired) electrons. The minimum absolute atomic E-state index is 0.875. The number of likely N-dealkylation sites (tertiary alicyclic amines) is 1. The minimum Gasteiger partial charge on any atom is -0.357 e. The third-order valence-electron chi connectivity index (χ3n) is 4.20. The molecule has 20 heavy (non-hydrogen) atoms. The van der Waals surface area contributed by atoms with Crippen LogP contribution in [0.25, 0.3) is 0 Å². The van der Waals surface area contributed by atoms with Gasteiger partial charge in [0.15, 0.2) is 5.96 Å². The molecule has 2 saturated heterocycles. The summed E-state index contributed by atoms with van der Waals surface area (Å²) in [6.45, 7) is 12.3. The van der Waals surface area contributed by atoms with Crippen LogP contribution in [-0.2, 0) is 0 Å². The lowest BCUT2D eigenvalue weighted by atomic mass is 10.00. The van der Waals surface area contributed by atoms with Crippen molar-refractivity contribution >= 4 is 17.7 Å². The molecule has 2 heterocycles. The summed E-state index contributed by atoms with van der Waals surface area (Å²) in [7, 11) is 0. The van der Waals surface area contributed by atoms with Crippen molar-refractivity contribution in [3.05, 3.63) is 0 Å². The Balaban J connectivity index is 1.78. The smallest absolute Gasteiger partial charge is 0.193 e. The zero-order chi connectivity index (χ0) is 14.2. The average molecular weight is 299 g/mol. The Morgan fingerprint density at radius 1 is 1.20 bits per heavy atom. The van der Waals surface area contributed by atoms with Crippen LogP contribution in [0.2, 0.25) is 0 Å². The number of thioether (sulfide) groups is 1. The maximum Gasteiger partial charge on any atom is 0.193 e. The van der Waals surface area contributed by atoms with Gasteiger partial charge >= 0.3 is 0 Å². The van der Waals surface area contributed by atoms with Crippen molar-refractivity contribution < 1.29 is 0 Å². The molecule has 0 aromatic carbocycles. The van der Waals surface area contributed by atoms with Crippen molar-refractivity contribution in [2.75, 3.05) is 57.3 Å². The second kappa shape index (κ2) is 8.78. The minimum atomic E-state index is 0.875. The van der Waals surface area contributed by atoms with Gasteiger partial charge in [0.2, 0.25) is 0 Å². The topological polar surface area (TPSA) is 30.9 Å². The molecule has 0 unspecified atom stereocenters. The summed E-state index contributed by atoms with van der Waals surface area (Å²) in [5, 5.41) is 3.46. The van der Waals surface area contributed by atoms with E-state index in [1.54, 1.807) is 0 Å². The van der Waals surface area contributed by atoms with E-state index < -0.39 is 0 Å². The molecular weight excluding hydrogens is 268 g/mol. The number of guanidine groups is 1. The fourth-order valence-corrected chi connectivity index (χ4v) is 3.75. The molecule has 0 aromatic rings. The SMILES string of the molecule is CCNC(=NCCN1CCSCC1)N1CCC(C)CC1. The van der Waals surface area contributed by atoms with E-state index in [1.165, 1.54) is 37.4 Å². The molecule has 2 fully saturated rings. The van der Waals surface area contributed by atoms with Gasteiger partial charge in [-0.2, -0.15) is 11.8 Å². The molecule has 116 valence electrons. The molecule has 0 bridgehead atoms. The summed E-state index contributed by atoms with van der Waals surface area (Å²) in [6, 6.07) is 0. The normalized spacial score (nSPS) is 23.1. The third kappa shape index (κ3) is 5.17. The van der Waals surface area contributed by atoms with Crippen LogP contribution in [0.4, 0.5) is 0 Å². The summed E-state index contributed by atoms with van der Waals surface area (Å²) in [4.78, 5) is 9.82. The highest BCUT2D eigenvalue weighted by atomic mass is 32.2. The lowest BCUT2D eigenvalue weighted by Gasteiger charge is -2.33. The quantitative estimate of drug-likeness (QED) is 0.633. The van der Waals surface area contributed by atoms with Crippen molar-refractivity contribution in [1.29, 1.82) is 0 Å². The molecule has 2 rings (SSSR count). The van der Waals surface area contributed by atoms with Crippen molar-refractivity contribution in [2.45, 2.75) is 26.7 Å². The molecule has 1 N–H and O–H groups in total. The predicted molar refractivity (Wildman–Crippen MR) is 89.7 cm³/mol. The standard InChI is InChI=1S/C15H30N4S/c1-3-16-15(19-7-4-14(2)5-8-19)17-6-9-18-10-12-20-13-11-18/h14H,3-13H2,1-2H3,(H,16,17). The van der Waals surface area contributed by atoms with Gasteiger partial charge in [0.05, 0.1) is 6.54 Å². The lowest BCUT2D eigenvalue weighted by molar-refractivity contribution is 0.271. The number of nitrogens with one attached hydrogen (secondary N) is 1. The molecule has 0 atom stereocenters. The number of hydrogen-bond donors (Lipinski definition) is 1. The van der Waals surface area contributed by atoms with E-state index in [4.69, 9.17) is 4.99 Å². The Kier molecular flexibility index (Phi) is 7.00. The fraction of sp³-hybridized carbons (Fsp3) is 0.933. The van der Waals surface area contributed by atoms with Crippen LogP contribution in [0.15, 0.2) is 4.99 Å². The number of piperidine rings is 1. The number of nitrogens with zero attached hydrogens (tertiary/aromatic N) is 3. The van der Waals surface area contributed by atoms with Gasteiger partial charge < -0.3 is 10.2 Å². The van der Waals surface area contributed by atoms with Crippen LogP contribution in [0.3, 0.4) is 0 Å². The van der Waals surface area contributed by atoms with Gasteiger partial charge in [-0.25, -0.2) is 0 Å². The van der Waals surface area contributed by atoms with Gasteiger partial charge in [-0.05, 0) is 25.7 Å². The van der Waals surface area contributed by atoms with E-state index >= 15 is 0 Å². The van der Waals surface area contributed by atoms with Crippen LogP contribution in [-0.4, -0.2) is 73.1 Å². The van der Waals surface area contributed by atoms with Crippen LogP contribution in [0.5, 0.6) is 0 Å². The number of rotatable bonds is 4. The molecule has 0 saturated carbocycles. The Morgan fingerprint density at radius 3 is 2.55 bits per heavy atom. The zero-order valence-corrected chi connectivity index (χ0v) is 13.9. The van der Waals surface area contributed by atoms with Gasteiger partial charge in [-0.1, -0.05) is 6.92 Å². The molecule has 0 amide bonds. The summed E-state index contributed by atoms with van der Waals surface area (Å²) in [6.07, 6.45) is 2.60. The van der Waals surface area contributed by atoms with Crippen molar-refractivity contribution in [1.82, 2.24) is 15.1 Å². The van der Waals surface area contributed by atoms with E-state index in [0.717, 1.165) is 44.6 Å². The van der Waals surface area contributed by atoms with E-state index in [0.29, 0.717) is 0 Å². The Bertz CT molecular complexity index is 294. The monoisotopic (exact) mass is 298 g/mol. The number of aliphatic imine (C=N–C) groups is 1. The average Bonchev–Trinajstić information content (AvgIpc) is 2.48. The highest BCUT2D eigenvalue weighted by molar-refractivity contribution is 7.99. The molecule has 5 heteroatoms. The van der Waals surface area contributed by atoms with Gasteiger partial charge in [0.1, 0.15) is 0 Å². The lowest BCUT2D eigenvalue weighted by Crippen LogP contribution is -2.45. The Hall–Kier alpha value is -0.420. The first-order chi connectivity index (χ1) is 9.79. The first kappa shape index (κ1) is 16.0. The first-order valence-electron chi connectivity index (χ1n) is 8.13. The Labute approximate surface area is 128 Å². The maximum absolute atomic E-state index is 4.84. The maximum atomic E-state index is 4.84. The number of hydrogen-bond acceptors (Lipinski definition) is 3. The molecule has 2 aliphatic rings. The third-order valence-corrected chi connectivity index (χ3v) is 5.14. The second-order valence-electron chi connectivity index (χ2n) is 5.86. The van der Waals surface area contributed by atoms with E-state index in [-0.39, 0.29) is 0 Å². The van der Waals surface area contributed by atoms with Crippen LogP contribution < -0.4 is 5.32 Å². The largest absolute Gasteiger partial charge is 0.357 e. The van der Waals surface area contributed by atoms with Crippen molar-refractivity contribution in [3.8, 4) is 0 Å². The molecule has 2 aliphatic heterocycles. The Morgan fingerprint density at radius 2 is 1.90 bits per heavy atom. The van der Waals surface area contributed by atoms with Crippen LogP contribution in [0, 0.1) is 5.92 Å². The van der Waals surface area contributed by atoms with Gasteiger partial charge in [-0.3, -0.25) is 9.89 Å². The highest BCUT2D eigenvalue weighted by Crippen LogP contribution is 2.16. The summed E-state index contributed by atoms with van der Waals surface area (Å²) >= 11 is 2.07. The van der Waals surface area contributed by atoms with Crippen LogP contribution >= 0.6 is 11.8 Å². The molecule has 0 aromatic heterocycles. The van der Waals surface area contributed by atoms with Crippen molar-refractivity contribution in [2.24, 2.45) is 10.9 Å². The second-order valence-corrected chi connectivity index (χ2v) is 7.08. The molecule has 0 spiro atoms. The summed E-state index contributed by atoms with van der Waals surface area (Å²) < 4.78 is 0. The summed E-state index contributed by atoms with van der Waals surface area (Å²) in [5.74, 6) is 4.58. The van der Waals surface area contributed by atoms with Gasteiger partial charge in [-0.15, -0.1) is 0 Å². The molecule has 0 aliphatic carbocycles. The molecular formula is C15H30N4S. The highest BCUT2D eigenvalue weighted by Gasteiger charge is 2.18. The van der Waals surface area contributed by atoms with E-state index in [2.05, 4.69) is 40.7 Å². The van der Waals surface area contributed by atoms with E-state index in [9.17, 15) is 0 Å².